The average Bonchev–Trinajstić information content (AvgIpc) is 3.56. The van der Waals surface area contributed by atoms with E-state index in [1.807, 2.05) is 53.4 Å². The van der Waals surface area contributed by atoms with Crippen LogP contribution in [0.25, 0.3) is 11.6 Å². The number of para-hydroxylation sites is 1. The Balaban J connectivity index is 1.22. The largest absolute Gasteiger partial charge is 0.417 e. The number of ether oxygens (including phenoxy) is 1. The number of carbonyl (C=O) groups excluding carboxylic acids is 1. The number of anilines is 3. The van der Waals surface area contributed by atoms with E-state index in [1.54, 1.807) is 6.07 Å². The molecule has 0 spiro atoms. The first-order valence-corrected chi connectivity index (χ1v) is 13.4. The van der Waals surface area contributed by atoms with Gasteiger partial charge in [-0.05, 0) is 25.0 Å². The number of hydrogen-bond acceptors (Lipinski definition) is 9. The van der Waals surface area contributed by atoms with Gasteiger partial charge in [0.15, 0.2) is 5.69 Å². The number of pyridine rings is 1. The molecule has 2 bridgehead atoms. The van der Waals surface area contributed by atoms with Crippen LogP contribution < -0.4 is 15.5 Å². The summed E-state index contributed by atoms with van der Waals surface area (Å²) in [6, 6.07) is 17.7. The van der Waals surface area contributed by atoms with Gasteiger partial charge in [-0.2, -0.15) is 13.2 Å². The Kier molecular flexibility index (Phi) is 6.38. The lowest BCUT2D eigenvalue weighted by atomic mass is 10.0. The SMILES string of the molecule is O=C1Nc2ccccc2C(c2ccccc2)=N[C@@H]1Nc1nnc(-c2ncc(C(F)(F)F)cc2N2CC3CCC(C2)O3)o1. The molecular formula is C29H24F3N7O3. The minimum atomic E-state index is -4.58. The van der Waals surface area contributed by atoms with Crippen LogP contribution >= 0.6 is 0 Å². The number of halogens is 3. The standard InChI is InChI=1S/C29H24F3N7O3/c30-29(31,32)17-12-22(39-14-18-10-11-19(15-39)41-18)24(33-13-17)27-37-38-28(42-27)36-25-26(40)34-21-9-5-4-8-20(21)23(35-25)16-6-2-1-3-7-16/h1-9,12-13,18-19,25H,10-11,14-15H2,(H,34,40)(H,36,38)/t18?,19?,25-/m1/s1. The number of nitrogens with one attached hydrogen (secondary N) is 2. The van der Waals surface area contributed by atoms with Gasteiger partial charge in [0.1, 0.15) is 0 Å². The number of benzene rings is 2. The molecule has 3 aliphatic rings. The van der Waals surface area contributed by atoms with Crippen molar-refractivity contribution in [2.24, 2.45) is 4.99 Å². The van der Waals surface area contributed by atoms with Crippen molar-refractivity contribution < 1.29 is 27.1 Å². The van der Waals surface area contributed by atoms with E-state index in [0.717, 1.165) is 36.2 Å². The van der Waals surface area contributed by atoms with Crippen molar-refractivity contribution in [1.82, 2.24) is 15.2 Å². The minimum Gasteiger partial charge on any atom is -0.402 e. The number of morpholine rings is 1. The predicted molar refractivity (Wildman–Crippen MR) is 147 cm³/mol. The van der Waals surface area contributed by atoms with E-state index in [0.29, 0.717) is 24.5 Å². The van der Waals surface area contributed by atoms with Crippen molar-refractivity contribution in [2.45, 2.75) is 37.4 Å². The zero-order chi connectivity index (χ0) is 28.8. The van der Waals surface area contributed by atoms with Crippen LogP contribution in [0.3, 0.4) is 0 Å². The van der Waals surface area contributed by atoms with Gasteiger partial charge >= 0.3 is 12.2 Å². The lowest BCUT2D eigenvalue weighted by molar-refractivity contribution is -0.137. The smallest absolute Gasteiger partial charge is 0.402 e. The van der Waals surface area contributed by atoms with Crippen LogP contribution in [-0.4, -0.2) is 58.3 Å². The first-order chi connectivity index (χ1) is 20.3. The van der Waals surface area contributed by atoms with Gasteiger partial charge in [0.05, 0.1) is 34.9 Å². The number of carbonyl (C=O) groups is 1. The maximum atomic E-state index is 13.6. The normalized spacial score (nSPS) is 21.8. The maximum absolute atomic E-state index is 13.6. The summed E-state index contributed by atoms with van der Waals surface area (Å²) in [5.74, 6) is -0.546. The number of rotatable bonds is 5. The van der Waals surface area contributed by atoms with Crippen molar-refractivity contribution in [3.63, 3.8) is 0 Å². The Bertz CT molecular complexity index is 1660. The highest BCUT2D eigenvalue weighted by Gasteiger charge is 2.38. The first-order valence-electron chi connectivity index (χ1n) is 13.4. The van der Waals surface area contributed by atoms with Crippen molar-refractivity contribution in [1.29, 1.82) is 0 Å². The quantitative estimate of drug-likeness (QED) is 0.350. The maximum Gasteiger partial charge on any atom is 0.417 e. The van der Waals surface area contributed by atoms with Crippen LogP contribution in [0.5, 0.6) is 0 Å². The summed E-state index contributed by atoms with van der Waals surface area (Å²) in [5.41, 5.74) is 2.18. The predicted octanol–water partition coefficient (Wildman–Crippen LogP) is 4.75. The number of hydrogen-bond donors (Lipinski definition) is 2. The number of alkyl halides is 3. The summed E-state index contributed by atoms with van der Waals surface area (Å²) in [4.78, 5) is 23.8. The van der Waals surface area contributed by atoms with E-state index >= 15 is 0 Å². The molecule has 2 aromatic carbocycles. The number of fused-ring (bicyclic) bond motifs is 3. The summed E-state index contributed by atoms with van der Waals surface area (Å²) in [7, 11) is 0. The Labute approximate surface area is 237 Å². The van der Waals surface area contributed by atoms with Gasteiger partial charge in [0, 0.05) is 30.4 Å². The molecule has 10 nitrogen and oxygen atoms in total. The molecule has 0 aliphatic carbocycles. The third kappa shape index (κ3) is 4.96. The Morgan fingerprint density at radius 2 is 1.71 bits per heavy atom. The molecule has 2 fully saturated rings. The minimum absolute atomic E-state index is 0.0689. The summed E-state index contributed by atoms with van der Waals surface area (Å²) < 4.78 is 52.6. The van der Waals surface area contributed by atoms with Gasteiger partial charge in [0.25, 0.3) is 11.8 Å². The third-order valence-corrected chi connectivity index (χ3v) is 7.46. The second-order valence-electron chi connectivity index (χ2n) is 10.3. The van der Waals surface area contributed by atoms with Crippen molar-refractivity contribution in [3.05, 3.63) is 83.6 Å². The average molecular weight is 576 g/mol. The Morgan fingerprint density at radius 3 is 2.48 bits per heavy atom. The lowest BCUT2D eigenvalue weighted by Crippen LogP contribution is -2.43. The molecule has 7 rings (SSSR count). The van der Waals surface area contributed by atoms with Gasteiger partial charge in [-0.25, -0.2) is 9.98 Å². The van der Waals surface area contributed by atoms with Crippen molar-refractivity contribution in [3.8, 4) is 11.6 Å². The fourth-order valence-electron chi connectivity index (χ4n) is 5.50. The number of benzodiazepines with no additional fused rings is 1. The zero-order valence-corrected chi connectivity index (χ0v) is 22.0. The van der Waals surface area contributed by atoms with E-state index in [-0.39, 0.29) is 35.5 Å². The molecule has 0 saturated carbocycles. The van der Waals surface area contributed by atoms with Gasteiger partial charge in [-0.15, -0.1) is 5.10 Å². The topological polar surface area (TPSA) is 118 Å². The molecule has 2 aromatic heterocycles. The van der Waals surface area contributed by atoms with Crippen LogP contribution in [0, 0.1) is 0 Å². The second-order valence-corrected chi connectivity index (χ2v) is 10.3. The van der Waals surface area contributed by atoms with E-state index in [1.165, 1.54) is 0 Å². The molecule has 0 radical (unpaired) electrons. The second kappa shape index (κ2) is 10.2. The Morgan fingerprint density at radius 1 is 0.976 bits per heavy atom. The van der Waals surface area contributed by atoms with Gasteiger partial charge in [-0.1, -0.05) is 53.6 Å². The molecule has 5 heterocycles. The van der Waals surface area contributed by atoms with E-state index in [9.17, 15) is 18.0 Å². The number of nitrogens with zero attached hydrogens (tertiary/aromatic N) is 5. The molecular weight excluding hydrogens is 551 g/mol. The van der Waals surface area contributed by atoms with Gasteiger partial charge < -0.3 is 24.7 Å². The van der Waals surface area contributed by atoms with Crippen molar-refractivity contribution >= 4 is 29.0 Å². The van der Waals surface area contributed by atoms with Gasteiger partial charge in [-0.3, -0.25) is 4.79 Å². The highest BCUT2D eigenvalue weighted by atomic mass is 19.4. The molecule has 2 saturated heterocycles. The van der Waals surface area contributed by atoms with E-state index < -0.39 is 23.8 Å². The van der Waals surface area contributed by atoms with Crippen LogP contribution in [0.1, 0.15) is 29.5 Å². The number of amides is 1. The van der Waals surface area contributed by atoms with Gasteiger partial charge in [0.2, 0.25) is 6.17 Å². The number of aliphatic imine (C=N–C) groups is 1. The summed E-state index contributed by atoms with van der Waals surface area (Å²) in [5, 5.41) is 13.8. The molecule has 1 amide bonds. The van der Waals surface area contributed by atoms with Crippen LogP contribution in [0.2, 0.25) is 0 Å². The highest BCUT2D eigenvalue weighted by Crippen LogP contribution is 2.39. The number of aromatic nitrogens is 3. The van der Waals surface area contributed by atoms with E-state index in [2.05, 4.69) is 25.8 Å². The monoisotopic (exact) mass is 575 g/mol. The van der Waals surface area contributed by atoms with Crippen LogP contribution in [0.15, 0.2) is 76.3 Å². The fourth-order valence-corrected chi connectivity index (χ4v) is 5.50. The Hall–Kier alpha value is -4.78. The van der Waals surface area contributed by atoms with Crippen LogP contribution in [-0.2, 0) is 15.7 Å². The summed E-state index contributed by atoms with van der Waals surface area (Å²) >= 11 is 0. The molecule has 4 aromatic rings. The first kappa shape index (κ1) is 26.1. The fraction of sp³-hybridized carbons (Fsp3) is 0.276. The molecule has 2 N–H and O–H groups in total. The lowest BCUT2D eigenvalue weighted by Gasteiger charge is -2.34. The van der Waals surface area contributed by atoms with E-state index in [4.69, 9.17) is 14.1 Å². The summed E-state index contributed by atoms with van der Waals surface area (Å²) in [6.07, 6.45) is -3.42. The molecule has 3 aliphatic heterocycles. The molecule has 3 atom stereocenters. The molecule has 214 valence electrons. The molecule has 42 heavy (non-hydrogen) atoms. The molecule has 2 unspecified atom stereocenters. The summed E-state index contributed by atoms with van der Waals surface area (Å²) in [6.45, 7) is 0.844. The highest BCUT2D eigenvalue weighted by molar-refractivity contribution is 6.19. The third-order valence-electron chi connectivity index (χ3n) is 7.46. The van der Waals surface area contributed by atoms with Crippen LogP contribution in [0.4, 0.5) is 30.6 Å². The zero-order valence-electron chi connectivity index (χ0n) is 22.0. The molecule has 13 heteroatoms. The van der Waals surface area contributed by atoms with Crippen molar-refractivity contribution in [2.75, 3.05) is 28.6 Å².